The Hall–Kier alpha value is -1.07. The summed E-state index contributed by atoms with van der Waals surface area (Å²) in [6, 6.07) is 5.09. The first-order chi connectivity index (χ1) is 8.97. The van der Waals surface area contributed by atoms with E-state index < -0.39 is 10.0 Å². The van der Waals surface area contributed by atoms with Gasteiger partial charge < -0.3 is 5.73 Å². The highest BCUT2D eigenvalue weighted by Crippen LogP contribution is 2.45. The van der Waals surface area contributed by atoms with E-state index in [4.69, 9.17) is 5.73 Å². The average Bonchev–Trinajstić information content (AvgIpc) is 3.18. The van der Waals surface area contributed by atoms with Crippen LogP contribution < -0.4 is 10.5 Å². The quantitative estimate of drug-likeness (QED) is 0.811. The molecule has 1 aromatic rings. The van der Waals surface area contributed by atoms with Crippen molar-refractivity contribution in [3.63, 3.8) is 0 Å². The maximum atomic E-state index is 12.5. The minimum Gasteiger partial charge on any atom is -0.399 e. The zero-order chi connectivity index (χ0) is 13.6. The second-order valence-electron chi connectivity index (χ2n) is 5.85. The fourth-order valence-electron chi connectivity index (χ4n) is 2.70. The molecule has 2 saturated carbocycles. The number of hydrogen-bond acceptors (Lipinski definition) is 3. The van der Waals surface area contributed by atoms with Gasteiger partial charge in [-0.25, -0.2) is 13.1 Å². The van der Waals surface area contributed by atoms with Crippen molar-refractivity contribution in [2.75, 3.05) is 5.73 Å². The van der Waals surface area contributed by atoms with Crippen LogP contribution in [0.5, 0.6) is 0 Å². The molecule has 2 fully saturated rings. The van der Waals surface area contributed by atoms with Crippen molar-refractivity contribution in [3.05, 3.63) is 23.8 Å². The van der Waals surface area contributed by atoms with E-state index >= 15 is 0 Å². The molecule has 0 spiro atoms. The summed E-state index contributed by atoms with van der Waals surface area (Å²) in [5, 5.41) is 0. The fourth-order valence-corrected chi connectivity index (χ4v) is 4.30. The van der Waals surface area contributed by atoms with Gasteiger partial charge in [-0.15, -0.1) is 0 Å². The van der Waals surface area contributed by atoms with Crippen LogP contribution in [0.3, 0.4) is 0 Å². The lowest BCUT2D eigenvalue weighted by atomic mass is 10.1. The summed E-state index contributed by atoms with van der Waals surface area (Å²) in [6.45, 7) is 1.79. The molecular weight excluding hydrogens is 260 g/mol. The number of nitrogen functional groups attached to an aromatic ring is 1. The van der Waals surface area contributed by atoms with E-state index in [1.54, 1.807) is 25.1 Å². The number of rotatable bonds is 5. The van der Waals surface area contributed by atoms with Crippen molar-refractivity contribution in [2.24, 2.45) is 11.8 Å². The molecule has 2 aliphatic carbocycles. The molecule has 104 valence electrons. The van der Waals surface area contributed by atoms with Crippen molar-refractivity contribution >= 4 is 15.7 Å². The summed E-state index contributed by atoms with van der Waals surface area (Å²) in [4.78, 5) is 0.355. The van der Waals surface area contributed by atoms with Crippen molar-refractivity contribution < 1.29 is 8.42 Å². The summed E-state index contributed by atoms with van der Waals surface area (Å²) < 4.78 is 27.9. The lowest BCUT2D eigenvalue weighted by molar-refractivity contribution is 0.471. The molecule has 0 unspecified atom stereocenters. The van der Waals surface area contributed by atoms with Crippen LogP contribution in [-0.4, -0.2) is 14.5 Å². The maximum absolute atomic E-state index is 12.5. The highest BCUT2D eigenvalue weighted by molar-refractivity contribution is 7.89. The van der Waals surface area contributed by atoms with Crippen molar-refractivity contribution in [1.82, 2.24) is 4.72 Å². The van der Waals surface area contributed by atoms with Crippen LogP contribution in [0.1, 0.15) is 31.2 Å². The van der Waals surface area contributed by atoms with Gasteiger partial charge in [0, 0.05) is 11.7 Å². The summed E-state index contributed by atoms with van der Waals surface area (Å²) in [6.07, 6.45) is 4.63. The van der Waals surface area contributed by atoms with Crippen LogP contribution in [0.15, 0.2) is 23.1 Å². The number of nitrogens with two attached hydrogens (primary N) is 1. The first kappa shape index (κ1) is 12.9. The number of hydrogen-bond donors (Lipinski definition) is 2. The molecule has 1 aromatic carbocycles. The summed E-state index contributed by atoms with van der Waals surface area (Å²) in [5.74, 6) is 1.10. The molecule has 0 bridgehead atoms. The molecule has 2 aliphatic rings. The van der Waals surface area contributed by atoms with Gasteiger partial charge in [0.2, 0.25) is 10.0 Å². The number of sulfonamides is 1. The lowest BCUT2D eigenvalue weighted by Gasteiger charge is -2.18. The van der Waals surface area contributed by atoms with Gasteiger partial charge in [-0.1, -0.05) is 0 Å². The summed E-state index contributed by atoms with van der Waals surface area (Å²) >= 11 is 0. The number of anilines is 1. The fraction of sp³-hybridized carbons (Fsp3) is 0.571. The summed E-state index contributed by atoms with van der Waals surface area (Å²) in [7, 11) is -3.42. The van der Waals surface area contributed by atoms with Crippen LogP contribution in [0, 0.1) is 18.8 Å². The van der Waals surface area contributed by atoms with E-state index in [1.165, 1.54) is 0 Å². The Bertz CT molecular complexity index is 577. The molecular formula is C14H20N2O2S. The van der Waals surface area contributed by atoms with Gasteiger partial charge >= 0.3 is 0 Å². The van der Waals surface area contributed by atoms with Gasteiger partial charge in [-0.05, 0) is 68.2 Å². The van der Waals surface area contributed by atoms with Gasteiger partial charge in [0.25, 0.3) is 0 Å². The molecule has 3 N–H and O–H groups in total. The van der Waals surface area contributed by atoms with E-state index in [-0.39, 0.29) is 6.04 Å². The van der Waals surface area contributed by atoms with Crippen LogP contribution in [0.4, 0.5) is 5.69 Å². The van der Waals surface area contributed by atoms with Crippen molar-refractivity contribution in [2.45, 2.75) is 43.5 Å². The van der Waals surface area contributed by atoms with E-state index in [0.29, 0.717) is 28.0 Å². The second-order valence-corrected chi connectivity index (χ2v) is 7.53. The first-order valence-corrected chi connectivity index (χ1v) is 8.34. The zero-order valence-corrected chi connectivity index (χ0v) is 11.9. The molecule has 0 atom stereocenters. The number of nitrogens with one attached hydrogen (secondary N) is 1. The molecule has 0 aliphatic heterocycles. The highest BCUT2D eigenvalue weighted by Gasteiger charge is 2.43. The number of benzene rings is 1. The van der Waals surface area contributed by atoms with E-state index in [1.807, 2.05) is 0 Å². The predicted molar refractivity (Wildman–Crippen MR) is 75.1 cm³/mol. The normalized spacial score (nSPS) is 19.9. The van der Waals surface area contributed by atoms with Crippen LogP contribution in [-0.2, 0) is 10.0 Å². The highest BCUT2D eigenvalue weighted by atomic mass is 32.2. The minimum atomic E-state index is -3.42. The predicted octanol–water partition coefficient (Wildman–Crippen LogP) is 2.04. The average molecular weight is 280 g/mol. The van der Waals surface area contributed by atoms with E-state index in [2.05, 4.69) is 4.72 Å². The molecule has 0 aromatic heterocycles. The lowest BCUT2D eigenvalue weighted by Crippen LogP contribution is -2.38. The van der Waals surface area contributed by atoms with Crippen LogP contribution in [0.25, 0.3) is 0 Å². The monoisotopic (exact) mass is 280 g/mol. The smallest absolute Gasteiger partial charge is 0.241 e. The standard InChI is InChI=1S/C14H20N2O2S/c1-9-8-12(15)6-7-13(9)19(17,18)16-14(10-2-3-10)11-4-5-11/h6-8,10-11,14,16H,2-5,15H2,1H3. The van der Waals surface area contributed by atoms with Crippen LogP contribution >= 0.6 is 0 Å². The SMILES string of the molecule is Cc1cc(N)ccc1S(=O)(=O)NC(C1CC1)C1CC1. The zero-order valence-electron chi connectivity index (χ0n) is 11.1. The Morgan fingerprint density at radius 1 is 1.21 bits per heavy atom. The Morgan fingerprint density at radius 2 is 1.79 bits per heavy atom. The van der Waals surface area contributed by atoms with Gasteiger partial charge in [0.05, 0.1) is 4.90 Å². The van der Waals surface area contributed by atoms with Crippen molar-refractivity contribution in [1.29, 1.82) is 0 Å². The first-order valence-electron chi connectivity index (χ1n) is 6.86. The molecule has 19 heavy (non-hydrogen) atoms. The molecule has 0 amide bonds. The van der Waals surface area contributed by atoms with Crippen molar-refractivity contribution in [3.8, 4) is 0 Å². The molecule has 4 nitrogen and oxygen atoms in total. The molecule has 0 saturated heterocycles. The van der Waals surface area contributed by atoms with E-state index in [9.17, 15) is 8.42 Å². The maximum Gasteiger partial charge on any atom is 0.241 e. The van der Waals surface area contributed by atoms with Gasteiger partial charge in [0.15, 0.2) is 0 Å². The second kappa shape index (κ2) is 4.49. The largest absolute Gasteiger partial charge is 0.399 e. The number of aryl methyl sites for hydroxylation is 1. The van der Waals surface area contributed by atoms with E-state index in [0.717, 1.165) is 25.7 Å². The third-order valence-electron chi connectivity index (χ3n) is 4.04. The molecule has 3 rings (SSSR count). The molecule has 0 heterocycles. The van der Waals surface area contributed by atoms with Gasteiger partial charge in [-0.3, -0.25) is 0 Å². The van der Waals surface area contributed by atoms with Crippen LogP contribution in [0.2, 0.25) is 0 Å². The third kappa shape index (κ3) is 2.77. The summed E-state index contributed by atoms with van der Waals surface area (Å²) in [5.41, 5.74) is 6.97. The molecule has 5 heteroatoms. The Kier molecular flexibility index (Phi) is 3.06. The third-order valence-corrected chi connectivity index (χ3v) is 5.66. The topological polar surface area (TPSA) is 72.2 Å². The van der Waals surface area contributed by atoms with Gasteiger partial charge in [-0.2, -0.15) is 0 Å². The van der Waals surface area contributed by atoms with Gasteiger partial charge in [0.1, 0.15) is 0 Å². The molecule has 0 radical (unpaired) electrons. The Balaban J connectivity index is 1.85. The Labute approximate surface area is 114 Å². The Morgan fingerprint density at radius 3 is 2.26 bits per heavy atom. The minimum absolute atomic E-state index is 0.141.